The summed E-state index contributed by atoms with van der Waals surface area (Å²) in [7, 11) is 2.00. The molecule has 0 spiro atoms. The number of fused-ring (bicyclic) bond motifs is 1. The number of anilines is 2. The number of nitrogen functional groups attached to an aromatic ring is 1. The molecule has 3 heterocycles. The molecule has 0 aliphatic heterocycles. The Hall–Kier alpha value is -2.76. The van der Waals surface area contributed by atoms with Gasteiger partial charge in [-0.1, -0.05) is 6.07 Å². The lowest BCUT2D eigenvalue weighted by Crippen LogP contribution is -2.22. The summed E-state index contributed by atoms with van der Waals surface area (Å²) in [5.41, 5.74) is 7.37. The van der Waals surface area contributed by atoms with Crippen LogP contribution in [-0.4, -0.2) is 33.5 Å². The molecule has 3 rings (SSSR count). The van der Waals surface area contributed by atoms with Gasteiger partial charge in [0, 0.05) is 31.9 Å². The van der Waals surface area contributed by atoms with Crippen LogP contribution in [-0.2, 0) is 6.42 Å². The summed E-state index contributed by atoms with van der Waals surface area (Å²) >= 11 is 0. The maximum atomic E-state index is 5.69. The van der Waals surface area contributed by atoms with Crippen molar-refractivity contribution >= 4 is 22.7 Å². The first-order chi connectivity index (χ1) is 10.2. The van der Waals surface area contributed by atoms with Gasteiger partial charge in [-0.15, -0.1) is 0 Å². The van der Waals surface area contributed by atoms with Crippen LogP contribution in [0.25, 0.3) is 11.0 Å². The predicted octanol–water partition coefficient (Wildman–Crippen LogP) is 1.68. The SMILES string of the molecule is CN(CCc1ccccn1)c1ncnc2nc(N)ccc12. The van der Waals surface area contributed by atoms with Gasteiger partial charge in [0.2, 0.25) is 0 Å². The number of aromatic nitrogens is 4. The van der Waals surface area contributed by atoms with Gasteiger partial charge >= 0.3 is 0 Å². The zero-order valence-corrected chi connectivity index (χ0v) is 11.8. The molecule has 3 aromatic heterocycles. The molecule has 106 valence electrons. The number of hydrogen-bond acceptors (Lipinski definition) is 6. The second-order valence-corrected chi connectivity index (χ2v) is 4.80. The Morgan fingerprint density at radius 1 is 1.10 bits per heavy atom. The van der Waals surface area contributed by atoms with Crippen molar-refractivity contribution in [2.24, 2.45) is 0 Å². The molecule has 2 N–H and O–H groups in total. The minimum Gasteiger partial charge on any atom is -0.384 e. The summed E-state index contributed by atoms with van der Waals surface area (Å²) < 4.78 is 0. The maximum Gasteiger partial charge on any atom is 0.166 e. The van der Waals surface area contributed by atoms with Crippen molar-refractivity contribution in [3.05, 3.63) is 48.5 Å². The van der Waals surface area contributed by atoms with Gasteiger partial charge in [0.05, 0.1) is 5.39 Å². The van der Waals surface area contributed by atoms with Crippen LogP contribution in [0.3, 0.4) is 0 Å². The van der Waals surface area contributed by atoms with Gasteiger partial charge in [-0.3, -0.25) is 4.98 Å². The largest absolute Gasteiger partial charge is 0.384 e. The molecule has 6 nitrogen and oxygen atoms in total. The molecular formula is C15H16N6. The molecule has 0 amide bonds. The van der Waals surface area contributed by atoms with E-state index in [9.17, 15) is 0 Å². The molecule has 0 aromatic carbocycles. The smallest absolute Gasteiger partial charge is 0.166 e. The van der Waals surface area contributed by atoms with Crippen LogP contribution < -0.4 is 10.6 Å². The summed E-state index contributed by atoms with van der Waals surface area (Å²) in [6.45, 7) is 0.813. The molecule has 21 heavy (non-hydrogen) atoms. The summed E-state index contributed by atoms with van der Waals surface area (Å²) in [5.74, 6) is 1.31. The zero-order valence-electron chi connectivity index (χ0n) is 11.8. The van der Waals surface area contributed by atoms with Gasteiger partial charge in [-0.25, -0.2) is 15.0 Å². The van der Waals surface area contributed by atoms with E-state index in [1.165, 1.54) is 6.33 Å². The summed E-state index contributed by atoms with van der Waals surface area (Å²) in [4.78, 5) is 19.2. The van der Waals surface area contributed by atoms with Gasteiger partial charge < -0.3 is 10.6 Å². The fourth-order valence-electron chi connectivity index (χ4n) is 2.18. The Bertz CT molecular complexity index is 743. The van der Waals surface area contributed by atoms with Crippen molar-refractivity contribution < 1.29 is 0 Å². The Balaban J connectivity index is 1.83. The fraction of sp³-hybridized carbons (Fsp3) is 0.200. The van der Waals surface area contributed by atoms with E-state index in [1.807, 2.05) is 37.5 Å². The third-order valence-electron chi connectivity index (χ3n) is 3.29. The van der Waals surface area contributed by atoms with Crippen LogP contribution in [0.5, 0.6) is 0 Å². The normalized spacial score (nSPS) is 10.7. The highest BCUT2D eigenvalue weighted by Crippen LogP contribution is 2.21. The van der Waals surface area contributed by atoms with E-state index in [4.69, 9.17) is 5.73 Å². The number of pyridine rings is 2. The van der Waals surface area contributed by atoms with E-state index in [1.54, 1.807) is 6.07 Å². The van der Waals surface area contributed by atoms with Crippen LogP contribution in [0, 0.1) is 0 Å². The summed E-state index contributed by atoms with van der Waals surface area (Å²) in [5, 5.41) is 0.898. The maximum absolute atomic E-state index is 5.69. The van der Waals surface area contributed by atoms with E-state index in [0.717, 1.165) is 29.9 Å². The van der Waals surface area contributed by atoms with E-state index < -0.39 is 0 Å². The Morgan fingerprint density at radius 3 is 2.81 bits per heavy atom. The average molecular weight is 280 g/mol. The second-order valence-electron chi connectivity index (χ2n) is 4.80. The third kappa shape index (κ3) is 2.89. The third-order valence-corrected chi connectivity index (χ3v) is 3.29. The number of likely N-dealkylation sites (N-methyl/N-ethyl adjacent to an activating group) is 1. The molecule has 0 atom stereocenters. The lowest BCUT2D eigenvalue weighted by atomic mass is 10.2. The molecule has 0 aliphatic carbocycles. The molecule has 0 saturated heterocycles. The molecule has 0 aliphatic rings. The van der Waals surface area contributed by atoms with E-state index in [-0.39, 0.29) is 0 Å². The molecule has 0 radical (unpaired) electrons. The van der Waals surface area contributed by atoms with Crippen molar-refractivity contribution in [2.75, 3.05) is 24.2 Å². The predicted molar refractivity (Wildman–Crippen MR) is 83.0 cm³/mol. The van der Waals surface area contributed by atoms with Gasteiger partial charge in [0.15, 0.2) is 5.65 Å². The van der Waals surface area contributed by atoms with Crippen LogP contribution >= 0.6 is 0 Å². The van der Waals surface area contributed by atoms with E-state index >= 15 is 0 Å². The Kier molecular flexibility index (Phi) is 3.59. The minimum atomic E-state index is 0.461. The number of rotatable bonds is 4. The van der Waals surface area contributed by atoms with Crippen LogP contribution in [0.15, 0.2) is 42.9 Å². The second kappa shape index (κ2) is 5.70. The molecule has 0 fully saturated rings. The molecule has 3 aromatic rings. The first-order valence-electron chi connectivity index (χ1n) is 6.72. The molecule has 6 heteroatoms. The van der Waals surface area contributed by atoms with Crippen LogP contribution in [0.2, 0.25) is 0 Å². The van der Waals surface area contributed by atoms with Crippen LogP contribution in [0.4, 0.5) is 11.6 Å². The first kappa shape index (κ1) is 13.2. The Labute approximate surface area is 122 Å². The fourth-order valence-corrected chi connectivity index (χ4v) is 2.18. The van der Waals surface area contributed by atoms with Gasteiger partial charge in [-0.2, -0.15) is 0 Å². The first-order valence-corrected chi connectivity index (χ1v) is 6.72. The summed E-state index contributed by atoms with van der Waals surface area (Å²) in [6.07, 6.45) is 4.18. The standard InChI is InChI=1S/C15H16N6/c1-21(9-7-11-4-2-3-8-17-11)15-12-5-6-13(16)20-14(12)18-10-19-15/h2-6,8,10H,7,9H2,1H3,(H2,16,18,19,20). The quantitative estimate of drug-likeness (QED) is 0.783. The number of hydrogen-bond donors (Lipinski definition) is 1. The van der Waals surface area contributed by atoms with Gasteiger partial charge in [0.1, 0.15) is 18.0 Å². The number of nitrogens with two attached hydrogens (primary N) is 1. The van der Waals surface area contributed by atoms with Crippen molar-refractivity contribution in [1.29, 1.82) is 0 Å². The highest BCUT2D eigenvalue weighted by Gasteiger charge is 2.09. The molecule has 0 unspecified atom stereocenters. The van der Waals surface area contributed by atoms with Crippen molar-refractivity contribution in [2.45, 2.75) is 6.42 Å². The van der Waals surface area contributed by atoms with E-state index in [2.05, 4.69) is 24.8 Å². The van der Waals surface area contributed by atoms with E-state index in [0.29, 0.717) is 11.5 Å². The highest BCUT2D eigenvalue weighted by molar-refractivity contribution is 5.87. The highest BCUT2D eigenvalue weighted by atomic mass is 15.2. The average Bonchev–Trinajstić information content (AvgIpc) is 2.52. The monoisotopic (exact) mass is 280 g/mol. The molecular weight excluding hydrogens is 264 g/mol. The van der Waals surface area contributed by atoms with Crippen molar-refractivity contribution in [3.63, 3.8) is 0 Å². The zero-order chi connectivity index (χ0) is 14.7. The molecule has 0 saturated carbocycles. The minimum absolute atomic E-state index is 0.461. The van der Waals surface area contributed by atoms with Gasteiger partial charge in [0.25, 0.3) is 0 Å². The van der Waals surface area contributed by atoms with Crippen molar-refractivity contribution in [1.82, 2.24) is 19.9 Å². The summed E-state index contributed by atoms with van der Waals surface area (Å²) in [6, 6.07) is 9.61. The van der Waals surface area contributed by atoms with Gasteiger partial charge in [-0.05, 0) is 24.3 Å². The Morgan fingerprint density at radius 2 is 2.00 bits per heavy atom. The van der Waals surface area contributed by atoms with Crippen LogP contribution in [0.1, 0.15) is 5.69 Å². The lowest BCUT2D eigenvalue weighted by molar-refractivity contribution is 0.840. The number of nitrogens with zero attached hydrogens (tertiary/aromatic N) is 5. The van der Waals surface area contributed by atoms with Crippen molar-refractivity contribution in [3.8, 4) is 0 Å². The lowest BCUT2D eigenvalue weighted by Gasteiger charge is -2.19. The topological polar surface area (TPSA) is 80.8 Å². The molecule has 0 bridgehead atoms.